The number of esters is 1. The number of benzene rings is 1. The zero-order chi connectivity index (χ0) is 18.5. The highest BCUT2D eigenvalue weighted by molar-refractivity contribution is 7.12. The summed E-state index contributed by atoms with van der Waals surface area (Å²) in [4.78, 5) is 39.4. The molecule has 1 aromatic heterocycles. The number of amides is 2. The Kier molecular flexibility index (Phi) is 5.68. The quantitative estimate of drug-likeness (QED) is 0.818. The molecule has 1 unspecified atom stereocenters. The van der Waals surface area contributed by atoms with E-state index < -0.39 is 12.0 Å². The summed E-state index contributed by atoms with van der Waals surface area (Å²) in [7, 11) is 0. The highest BCUT2D eigenvalue weighted by atomic mass is 32.1. The number of carbonyl (C=O) groups is 3. The van der Waals surface area contributed by atoms with Crippen molar-refractivity contribution in [3.8, 4) is 0 Å². The molecule has 1 fully saturated rings. The number of hydrogen-bond donors (Lipinski definition) is 1. The maximum absolute atomic E-state index is 12.7. The SMILES string of the molecule is CCOC(=O)c1cccc(NC(=O)C2CCCN2C(=O)c2cccs2)c1. The number of nitrogens with one attached hydrogen (secondary N) is 1. The summed E-state index contributed by atoms with van der Waals surface area (Å²) in [5, 5.41) is 4.66. The van der Waals surface area contributed by atoms with E-state index in [1.807, 2.05) is 11.4 Å². The van der Waals surface area contributed by atoms with Gasteiger partial charge in [0, 0.05) is 12.2 Å². The molecule has 7 heteroatoms. The zero-order valence-corrected chi connectivity index (χ0v) is 15.3. The summed E-state index contributed by atoms with van der Waals surface area (Å²) in [6.07, 6.45) is 1.42. The lowest BCUT2D eigenvalue weighted by molar-refractivity contribution is -0.119. The second-order valence-electron chi connectivity index (χ2n) is 5.92. The number of anilines is 1. The number of likely N-dealkylation sites (tertiary alicyclic amines) is 1. The molecule has 1 aromatic carbocycles. The molecule has 1 N–H and O–H groups in total. The smallest absolute Gasteiger partial charge is 0.338 e. The summed E-state index contributed by atoms with van der Waals surface area (Å²) in [5.41, 5.74) is 0.888. The molecule has 1 atom stereocenters. The van der Waals surface area contributed by atoms with Gasteiger partial charge in [0.15, 0.2) is 0 Å². The Morgan fingerprint density at radius 3 is 2.85 bits per heavy atom. The number of hydrogen-bond acceptors (Lipinski definition) is 5. The molecule has 0 spiro atoms. The van der Waals surface area contributed by atoms with Crippen molar-refractivity contribution in [2.75, 3.05) is 18.5 Å². The largest absolute Gasteiger partial charge is 0.462 e. The first-order valence-corrected chi connectivity index (χ1v) is 9.40. The molecular formula is C19H20N2O4S. The van der Waals surface area contributed by atoms with Crippen LogP contribution >= 0.6 is 11.3 Å². The summed E-state index contributed by atoms with van der Waals surface area (Å²) >= 11 is 1.37. The molecule has 0 radical (unpaired) electrons. The van der Waals surface area contributed by atoms with Gasteiger partial charge >= 0.3 is 5.97 Å². The standard InChI is InChI=1S/C19H20N2O4S/c1-2-25-19(24)13-6-3-7-14(12-13)20-17(22)15-8-4-10-21(15)18(23)16-9-5-11-26-16/h3,5-7,9,11-12,15H,2,4,8,10H2,1H3,(H,20,22). The van der Waals surface area contributed by atoms with E-state index in [-0.39, 0.29) is 18.4 Å². The fraction of sp³-hybridized carbons (Fsp3) is 0.316. The molecule has 0 bridgehead atoms. The van der Waals surface area contributed by atoms with E-state index in [2.05, 4.69) is 5.32 Å². The van der Waals surface area contributed by atoms with Gasteiger partial charge in [-0.2, -0.15) is 0 Å². The molecule has 2 aromatic rings. The molecule has 3 rings (SSSR count). The molecule has 1 saturated heterocycles. The van der Waals surface area contributed by atoms with Gasteiger partial charge in [-0.05, 0) is 49.4 Å². The molecule has 1 aliphatic heterocycles. The Morgan fingerprint density at radius 1 is 1.27 bits per heavy atom. The highest BCUT2D eigenvalue weighted by Gasteiger charge is 2.34. The lowest BCUT2D eigenvalue weighted by Gasteiger charge is -2.23. The molecule has 0 aliphatic carbocycles. The van der Waals surface area contributed by atoms with Gasteiger partial charge in [-0.1, -0.05) is 12.1 Å². The molecule has 1 aliphatic rings. The van der Waals surface area contributed by atoms with Crippen molar-refractivity contribution in [3.63, 3.8) is 0 Å². The molecule has 2 amide bonds. The minimum Gasteiger partial charge on any atom is -0.462 e. The topological polar surface area (TPSA) is 75.7 Å². The molecule has 136 valence electrons. The van der Waals surface area contributed by atoms with Crippen LogP contribution in [0, 0.1) is 0 Å². The molecule has 6 nitrogen and oxygen atoms in total. The lowest BCUT2D eigenvalue weighted by Crippen LogP contribution is -2.42. The van der Waals surface area contributed by atoms with Crippen molar-refractivity contribution in [1.82, 2.24) is 4.90 Å². The van der Waals surface area contributed by atoms with E-state index in [9.17, 15) is 14.4 Å². The van der Waals surface area contributed by atoms with Gasteiger partial charge in [-0.3, -0.25) is 9.59 Å². The van der Waals surface area contributed by atoms with Crippen LogP contribution in [0.4, 0.5) is 5.69 Å². The average molecular weight is 372 g/mol. The van der Waals surface area contributed by atoms with Crippen LogP contribution in [0.3, 0.4) is 0 Å². The van der Waals surface area contributed by atoms with Crippen LogP contribution in [0.25, 0.3) is 0 Å². The second-order valence-corrected chi connectivity index (χ2v) is 6.87. The monoisotopic (exact) mass is 372 g/mol. The minimum atomic E-state index is -0.504. The van der Waals surface area contributed by atoms with Crippen LogP contribution in [0.1, 0.15) is 39.8 Å². The Labute approximate surface area is 155 Å². The summed E-state index contributed by atoms with van der Waals surface area (Å²) < 4.78 is 4.97. The summed E-state index contributed by atoms with van der Waals surface area (Å²) in [6.45, 7) is 2.60. The van der Waals surface area contributed by atoms with E-state index in [1.165, 1.54) is 11.3 Å². The summed E-state index contributed by atoms with van der Waals surface area (Å²) in [5.74, 6) is -0.787. The molecule has 26 heavy (non-hydrogen) atoms. The van der Waals surface area contributed by atoms with Crippen LogP contribution in [0.15, 0.2) is 41.8 Å². The van der Waals surface area contributed by atoms with Crippen molar-refractivity contribution < 1.29 is 19.1 Å². The van der Waals surface area contributed by atoms with Crippen LogP contribution in [0.5, 0.6) is 0 Å². The van der Waals surface area contributed by atoms with Crippen molar-refractivity contribution >= 4 is 34.8 Å². The second kappa shape index (κ2) is 8.14. The van der Waals surface area contributed by atoms with Gasteiger partial charge in [-0.25, -0.2) is 4.79 Å². The lowest BCUT2D eigenvalue weighted by atomic mass is 10.1. The minimum absolute atomic E-state index is 0.113. The number of rotatable bonds is 5. The summed E-state index contributed by atoms with van der Waals surface area (Å²) in [6, 6.07) is 9.70. The predicted octanol–water partition coefficient (Wildman–Crippen LogP) is 3.17. The molecule has 2 heterocycles. The first-order chi connectivity index (χ1) is 12.6. The van der Waals surface area contributed by atoms with Gasteiger partial charge < -0.3 is 15.0 Å². The first-order valence-electron chi connectivity index (χ1n) is 8.52. The van der Waals surface area contributed by atoms with Crippen molar-refractivity contribution in [3.05, 3.63) is 52.2 Å². The Bertz CT molecular complexity index is 804. The maximum atomic E-state index is 12.7. The predicted molar refractivity (Wildman–Crippen MR) is 99.4 cm³/mol. The van der Waals surface area contributed by atoms with Crippen LogP contribution in [0.2, 0.25) is 0 Å². The zero-order valence-electron chi connectivity index (χ0n) is 14.4. The van der Waals surface area contributed by atoms with Gasteiger partial charge in [0.1, 0.15) is 6.04 Å². The molecule has 0 saturated carbocycles. The van der Waals surface area contributed by atoms with Gasteiger partial charge in [-0.15, -0.1) is 11.3 Å². The third-order valence-electron chi connectivity index (χ3n) is 4.19. The first kappa shape index (κ1) is 18.1. The normalized spacial score (nSPS) is 16.3. The van der Waals surface area contributed by atoms with E-state index in [4.69, 9.17) is 4.74 Å². The van der Waals surface area contributed by atoms with Crippen molar-refractivity contribution in [1.29, 1.82) is 0 Å². The Hall–Kier alpha value is -2.67. The van der Waals surface area contributed by atoms with Crippen molar-refractivity contribution in [2.45, 2.75) is 25.8 Å². The fourth-order valence-electron chi connectivity index (χ4n) is 2.99. The highest BCUT2D eigenvalue weighted by Crippen LogP contribution is 2.23. The number of ether oxygens (including phenoxy) is 1. The fourth-order valence-corrected chi connectivity index (χ4v) is 3.67. The molecular weight excluding hydrogens is 352 g/mol. The number of carbonyl (C=O) groups excluding carboxylic acids is 3. The van der Waals surface area contributed by atoms with Gasteiger partial charge in [0.25, 0.3) is 5.91 Å². The van der Waals surface area contributed by atoms with Gasteiger partial charge in [0.2, 0.25) is 5.91 Å². The maximum Gasteiger partial charge on any atom is 0.338 e. The third kappa shape index (κ3) is 3.94. The van der Waals surface area contributed by atoms with E-state index in [1.54, 1.807) is 42.2 Å². The van der Waals surface area contributed by atoms with E-state index in [0.29, 0.717) is 29.1 Å². The van der Waals surface area contributed by atoms with Crippen LogP contribution in [-0.2, 0) is 9.53 Å². The van der Waals surface area contributed by atoms with Crippen molar-refractivity contribution in [2.24, 2.45) is 0 Å². The van der Waals surface area contributed by atoms with E-state index in [0.717, 1.165) is 6.42 Å². The number of thiophene rings is 1. The third-order valence-corrected chi connectivity index (χ3v) is 5.05. The average Bonchev–Trinajstić information content (AvgIpc) is 3.33. The van der Waals surface area contributed by atoms with Gasteiger partial charge in [0.05, 0.1) is 17.0 Å². The Balaban J connectivity index is 1.70. The number of nitrogens with zero attached hydrogens (tertiary/aromatic N) is 1. The van der Waals surface area contributed by atoms with E-state index >= 15 is 0 Å². The van der Waals surface area contributed by atoms with Crippen LogP contribution < -0.4 is 5.32 Å². The van der Waals surface area contributed by atoms with Crippen LogP contribution in [-0.4, -0.2) is 41.9 Å². The Morgan fingerprint density at radius 2 is 2.12 bits per heavy atom.